The van der Waals surface area contributed by atoms with Crippen molar-refractivity contribution in [1.29, 1.82) is 0 Å². The zero-order valence-electron chi connectivity index (χ0n) is 17.6. The third kappa shape index (κ3) is 4.29. The molecule has 162 valence electrons. The molecule has 2 aromatic heterocycles. The number of imidazole rings is 1. The van der Waals surface area contributed by atoms with Crippen LogP contribution in [0.1, 0.15) is 33.6 Å². The maximum absolute atomic E-state index is 12.7. The average molecular weight is 441 g/mol. The normalized spacial score (nSPS) is 18.8. The number of aromatic nitrogens is 3. The monoisotopic (exact) mass is 440 g/mol. The molecule has 4 amide bonds. The molecule has 0 spiro atoms. The van der Waals surface area contributed by atoms with Gasteiger partial charge in [-0.3, -0.25) is 19.8 Å². The van der Waals surface area contributed by atoms with Crippen molar-refractivity contribution in [2.24, 2.45) is 5.92 Å². The fraction of sp³-hybridized carbons (Fsp3) is 0.381. The van der Waals surface area contributed by atoms with Gasteiger partial charge in [-0.2, -0.15) is 0 Å². The zero-order valence-corrected chi connectivity index (χ0v) is 18.4. The van der Waals surface area contributed by atoms with Crippen LogP contribution in [0, 0.1) is 5.92 Å². The molecule has 3 aromatic rings. The summed E-state index contributed by atoms with van der Waals surface area (Å²) >= 11 is 1.22. The number of imide groups is 1. The van der Waals surface area contributed by atoms with E-state index in [2.05, 4.69) is 34.6 Å². The first-order valence-corrected chi connectivity index (χ1v) is 10.9. The molecule has 3 heterocycles. The van der Waals surface area contributed by atoms with E-state index in [0.717, 1.165) is 22.6 Å². The minimum absolute atomic E-state index is 0.349. The first kappa shape index (κ1) is 21.0. The van der Waals surface area contributed by atoms with E-state index in [9.17, 15) is 14.4 Å². The van der Waals surface area contributed by atoms with Gasteiger partial charge in [-0.05, 0) is 25.7 Å². The van der Waals surface area contributed by atoms with Gasteiger partial charge in [0.2, 0.25) is 16.0 Å². The topological polar surface area (TPSA) is 109 Å². The van der Waals surface area contributed by atoms with E-state index >= 15 is 0 Å². The quantitative estimate of drug-likeness (QED) is 0.549. The molecule has 1 aliphatic heterocycles. The molecule has 31 heavy (non-hydrogen) atoms. The molecular weight excluding hydrogens is 416 g/mol. The van der Waals surface area contributed by atoms with Crippen molar-refractivity contribution in [2.45, 2.75) is 39.2 Å². The molecule has 1 unspecified atom stereocenters. The predicted octanol–water partition coefficient (Wildman–Crippen LogP) is 3.14. The summed E-state index contributed by atoms with van der Waals surface area (Å²) in [6.45, 7) is 5.46. The fourth-order valence-corrected chi connectivity index (χ4v) is 4.24. The molecule has 0 bridgehead atoms. The highest BCUT2D eigenvalue weighted by molar-refractivity contribution is 7.20. The summed E-state index contributed by atoms with van der Waals surface area (Å²) < 4.78 is 1.60. The summed E-state index contributed by atoms with van der Waals surface area (Å²) in [5, 5.41) is 10.1. The van der Waals surface area contributed by atoms with Gasteiger partial charge in [0.05, 0.1) is 11.9 Å². The molecule has 0 saturated carbocycles. The van der Waals surface area contributed by atoms with E-state index < -0.39 is 17.5 Å². The van der Waals surface area contributed by atoms with Crippen molar-refractivity contribution < 1.29 is 14.4 Å². The van der Waals surface area contributed by atoms with Crippen molar-refractivity contribution in [1.82, 2.24) is 24.8 Å². The number of hydrogen-bond donors (Lipinski definition) is 2. The number of benzene rings is 1. The van der Waals surface area contributed by atoms with Crippen molar-refractivity contribution in [3.05, 3.63) is 36.5 Å². The molecule has 1 aromatic carbocycles. The van der Waals surface area contributed by atoms with Crippen LogP contribution in [0.25, 0.3) is 16.2 Å². The van der Waals surface area contributed by atoms with E-state index in [1.165, 1.54) is 11.3 Å². The number of nitrogens with one attached hydrogen (secondary N) is 2. The van der Waals surface area contributed by atoms with Gasteiger partial charge < -0.3 is 5.32 Å². The molecule has 1 aliphatic rings. The van der Waals surface area contributed by atoms with Gasteiger partial charge in [0.1, 0.15) is 12.1 Å². The highest BCUT2D eigenvalue weighted by Crippen LogP contribution is 2.26. The predicted molar refractivity (Wildman–Crippen MR) is 118 cm³/mol. The van der Waals surface area contributed by atoms with Crippen LogP contribution in [0.3, 0.4) is 0 Å². The number of carbonyl (C=O) groups excluding carboxylic acids is 3. The lowest BCUT2D eigenvalue weighted by Gasteiger charge is -2.22. The summed E-state index contributed by atoms with van der Waals surface area (Å²) in [6, 6.07) is 9.18. The Hall–Kier alpha value is -3.27. The highest BCUT2D eigenvalue weighted by atomic mass is 32.1. The Bertz CT molecular complexity index is 1110. The lowest BCUT2D eigenvalue weighted by atomic mass is 9.92. The average Bonchev–Trinajstić information content (AvgIpc) is 3.34. The molecule has 1 atom stereocenters. The number of rotatable bonds is 7. The molecule has 10 heteroatoms. The largest absolute Gasteiger partial charge is 0.325 e. The van der Waals surface area contributed by atoms with Crippen LogP contribution < -0.4 is 10.6 Å². The molecule has 0 aliphatic carbocycles. The smallest absolute Gasteiger partial charge is 0.323 e. The summed E-state index contributed by atoms with van der Waals surface area (Å²) in [6.07, 6.45) is 3.11. The lowest BCUT2D eigenvalue weighted by molar-refractivity contribution is -0.133. The third-order valence-electron chi connectivity index (χ3n) is 5.23. The third-order valence-corrected chi connectivity index (χ3v) is 6.07. The van der Waals surface area contributed by atoms with E-state index in [1.54, 1.807) is 17.6 Å². The molecule has 0 radical (unpaired) electrons. The van der Waals surface area contributed by atoms with Gasteiger partial charge >= 0.3 is 6.03 Å². The standard InChI is InChI=1S/C21H24N6O3S/c1-13(2)9-10-21(3)17(29)26(19(30)24-21)12-16(28)23-18-25-27-11-15(22-20(27)31-18)14-7-5-4-6-8-14/h4-8,11,13H,9-10,12H2,1-3H3,(H,24,30)(H,23,25,28). The minimum atomic E-state index is -0.975. The fourth-order valence-electron chi connectivity index (χ4n) is 3.44. The Morgan fingerprint density at radius 3 is 2.68 bits per heavy atom. The number of carbonyl (C=O) groups is 3. The second-order valence-corrected chi connectivity index (χ2v) is 9.22. The number of nitrogens with zero attached hydrogens (tertiary/aromatic N) is 4. The molecule has 1 saturated heterocycles. The van der Waals surface area contributed by atoms with Crippen LogP contribution >= 0.6 is 11.3 Å². The molecule has 9 nitrogen and oxygen atoms in total. The molecular formula is C21H24N6O3S. The first-order valence-electron chi connectivity index (χ1n) is 10.1. The van der Waals surface area contributed by atoms with E-state index in [1.807, 2.05) is 30.3 Å². The van der Waals surface area contributed by atoms with E-state index in [-0.39, 0.29) is 12.5 Å². The van der Waals surface area contributed by atoms with Gasteiger partial charge in [-0.1, -0.05) is 55.5 Å². The first-order chi connectivity index (χ1) is 14.7. The van der Waals surface area contributed by atoms with Crippen LogP contribution in [-0.2, 0) is 9.59 Å². The number of anilines is 1. The van der Waals surface area contributed by atoms with Crippen LogP contribution in [0.4, 0.5) is 9.93 Å². The highest BCUT2D eigenvalue weighted by Gasteiger charge is 2.47. The van der Waals surface area contributed by atoms with Crippen molar-refractivity contribution in [2.75, 3.05) is 11.9 Å². The molecule has 4 rings (SSSR count). The van der Waals surface area contributed by atoms with Crippen LogP contribution in [0.2, 0.25) is 0 Å². The SMILES string of the molecule is CC(C)CCC1(C)NC(=O)N(CC(=O)Nc2nn3cc(-c4ccccc4)nc3s2)C1=O. The van der Waals surface area contributed by atoms with E-state index in [4.69, 9.17) is 0 Å². The number of hydrogen-bond acceptors (Lipinski definition) is 6. The van der Waals surface area contributed by atoms with Gasteiger partial charge in [-0.15, -0.1) is 5.10 Å². The Kier molecular flexibility index (Phi) is 5.48. The maximum atomic E-state index is 12.7. The van der Waals surface area contributed by atoms with Gasteiger partial charge in [-0.25, -0.2) is 14.3 Å². The number of urea groups is 1. The summed E-state index contributed by atoms with van der Waals surface area (Å²) in [7, 11) is 0. The maximum Gasteiger partial charge on any atom is 0.325 e. The second-order valence-electron chi connectivity index (χ2n) is 8.26. The Morgan fingerprint density at radius 2 is 2.00 bits per heavy atom. The molecule has 2 N–H and O–H groups in total. The zero-order chi connectivity index (χ0) is 22.2. The number of fused-ring (bicyclic) bond motifs is 1. The summed E-state index contributed by atoms with van der Waals surface area (Å²) in [4.78, 5) is 43.6. The summed E-state index contributed by atoms with van der Waals surface area (Å²) in [5.41, 5.74) is 0.791. The van der Waals surface area contributed by atoms with Gasteiger partial charge in [0, 0.05) is 5.56 Å². The molecule has 1 fully saturated rings. The van der Waals surface area contributed by atoms with E-state index in [0.29, 0.717) is 22.4 Å². The van der Waals surface area contributed by atoms with Crippen molar-refractivity contribution in [3.63, 3.8) is 0 Å². The van der Waals surface area contributed by atoms with Crippen LogP contribution in [-0.4, -0.2) is 49.4 Å². The van der Waals surface area contributed by atoms with Gasteiger partial charge in [0.15, 0.2) is 0 Å². The summed E-state index contributed by atoms with van der Waals surface area (Å²) in [5.74, 6) is -0.461. The van der Waals surface area contributed by atoms with Crippen LogP contribution in [0.15, 0.2) is 36.5 Å². The van der Waals surface area contributed by atoms with Crippen molar-refractivity contribution in [3.8, 4) is 11.3 Å². The van der Waals surface area contributed by atoms with Crippen LogP contribution in [0.5, 0.6) is 0 Å². The minimum Gasteiger partial charge on any atom is -0.323 e. The Labute approximate surface area is 183 Å². The van der Waals surface area contributed by atoms with Gasteiger partial charge in [0.25, 0.3) is 5.91 Å². The lowest BCUT2D eigenvalue weighted by Crippen LogP contribution is -2.44. The Balaban J connectivity index is 1.40. The number of amides is 4. The second kappa shape index (κ2) is 8.10. The van der Waals surface area contributed by atoms with Crippen molar-refractivity contribution >= 4 is 39.3 Å². The Morgan fingerprint density at radius 1 is 1.26 bits per heavy atom.